The summed E-state index contributed by atoms with van der Waals surface area (Å²) in [5, 5.41) is 8.89. The van der Waals surface area contributed by atoms with Crippen LogP contribution >= 0.6 is 0 Å². The van der Waals surface area contributed by atoms with E-state index in [-0.39, 0.29) is 36.2 Å². The number of nitrogens with zero attached hydrogens (tertiary/aromatic N) is 1. The van der Waals surface area contributed by atoms with Crippen LogP contribution in [0.25, 0.3) is 0 Å². The number of hydrogen-bond donors (Lipinski definition) is 2. The van der Waals surface area contributed by atoms with E-state index in [1.165, 1.54) is 0 Å². The summed E-state index contributed by atoms with van der Waals surface area (Å²) in [4.78, 5) is 25.2. The van der Waals surface area contributed by atoms with Gasteiger partial charge in [0.15, 0.2) is 0 Å². The van der Waals surface area contributed by atoms with Gasteiger partial charge in [-0.25, -0.2) is 0 Å². The molecule has 2 aliphatic heterocycles. The lowest BCUT2D eigenvalue weighted by atomic mass is 9.87. The van der Waals surface area contributed by atoms with Crippen molar-refractivity contribution in [1.29, 1.82) is 0 Å². The van der Waals surface area contributed by atoms with Crippen molar-refractivity contribution in [2.75, 3.05) is 0 Å². The van der Waals surface area contributed by atoms with E-state index in [1.54, 1.807) is 0 Å². The molecule has 0 aromatic heterocycles. The minimum Gasteiger partial charge on any atom is -0.481 e. The van der Waals surface area contributed by atoms with Gasteiger partial charge in [0.1, 0.15) is 0 Å². The SMILES string of the molecule is CC(C)[C@@H](N)C(=O)N1C2CCC1CC(CC(=O)O)C2. The Morgan fingerprint density at radius 2 is 1.79 bits per heavy atom. The molecule has 0 aromatic rings. The number of amides is 1. The van der Waals surface area contributed by atoms with Gasteiger partial charge in [-0.3, -0.25) is 9.59 Å². The van der Waals surface area contributed by atoms with Crippen molar-refractivity contribution in [3.63, 3.8) is 0 Å². The Morgan fingerprint density at radius 1 is 1.26 bits per heavy atom. The highest BCUT2D eigenvalue weighted by molar-refractivity contribution is 5.83. The van der Waals surface area contributed by atoms with Gasteiger partial charge in [0, 0.05) is 18.5 Å². The number of nitrogens with two attached hydrogens (primary N) is 1. The average Bonchev–Trinajstić information content (AvgIpc) is 2.58. The van der Waals surface area contributed by atoms with Gasteiger partial charge in [0.05, 0.1) is 6.04 Å². The third-order valence-electron chi connectivity index (χ3n) is 4.55. The summed E-state index contributed by atoms with van der Waals surface area (Å²) in [6.07, 6.45) is 3.86. The first kappa shape index (κ1) is 14.3. The first-order valence-corrected chi connectivity index (χ1v) is 7.19. The van der Waals surface area contributed by atoms with Crippen LogP contribution in [0.5, 0.6) is 0 Å². The Morgan fingerprint density at radius 3 is 2.21 bits per heavy atom. The maximum absolute atomic E-state index is 12.4. The molecule has 0 aromatic carbocycles. The number of hydrogen-bond acceptors (Lipinski definition) is 3. The normalized spacial score (nSPS) is 31.6. The third-order valence-corrected chi connectivity index (χ3v) is 4.55. The number of fused-ring (bicyclic) bond motifs is 2. The van der Waals surface area contributed by atoms with E-state index in [1.807, 2.05) is 18.7 Å². The molecule has 2 bridgehead atoms. The van der Waals surface area contributed by atoms with Gasteiger partial charge >= 0.3 is 5.97 Å². The average molecular weight is 268 g/mol. The minimum atomic E-state index is -0.733. The molecule has 5 nitrogen and oxygen atoms in total. The predicted octanol–water partition coefficient (Wildman–Crippen LogP) is 1.21. The Balaban J connectivity index is 2.03. The molecule has 2 unspecified atom stereocenters. The number of carbonyl (C=O) groups excluding carboxylic acids is 1. The van der Waals surface area contributed by atoms with Gasteiger partial charge in [-0.2, -0.15) is 0 Å². The molecule has 0 radical (unpaired) electrons. The molecule has 3 N–H and O–H groups in total. The summed E-state index contributed by atoms with van der Waals surface area (Å²) >= 11 is 0. The molecule has 19 heavy (non-hydrogen) atoms. The number of aliphatic carboxylic acids is 1. The van der Waals surface area contributed by atoms with Crippen LogP contribution in [0.4, 0.5) is 0 Å². The standard InChI is InChI=1S/C14H24N2O3/c1-8(2)13(15)14(19)16-10-3-4-11(16)6-9(5-10)7-12(17)18/h8-11,13H,3-7,15H2,1-2H3,(H,17,18)/t9?,10?,11?,13-/m1/s1. The Hall–Kier alpha value is -1.10. The van der Waals surface area contributed by atoms with Gasteiger partial charge < -0.3 is 15.7 Å². The van der Waals surface area contributed by atoms with Crippen molar-refractivity contribution < 1.29 is 14.7 Å². The minimum absolute atomic E-state index is 0.0521. The second-order valence-corrected chi connectivity index (χ2v) is 6.34. The molecule has 2 heterocycles. The lowest BCUT2D eigenvalue weighted by molar-refractivity contribution is -0.141. The van der Waals surface area contributed by atoms with E-state index in [0.717, 1.165) is 25.7 Å². The lowest BCUT2D eigenvalue weighted by Crippen LogP contribution is -2.54. The van der Waals surface area contributed by atoms with Crippen molar-refractivity contribution in [2.24, 2.45) is 17.6 Å². The van der Waals surface area contributed by atoms with Crippen molar-refractivity contribution in [1.82, 2.24) is 4.90 Å². The van der Waals surface area contributed by atoms with Crippen molar-refractivity contribution >= 4 is 11.9 Å². The maximum Gasteiger partial charge on any atom is 0.303 e. The smallest absolute Gasteiger partial charge is 0.303 e. The molecule has 1 amide bonds. The molecular formula is C14H24N2O3. The molecule has 108 valence electrons. The molecule has 0 spiro atoms. The molecule has 3 atom stereocenters. The molecule has 0 saturated carbocycles. The quantitative estimate of drug-likeness (QED) is 0.803. The third kappa shape index (κ3) is 2.91. The summed E-state index contributed by atoms with van der Waals surface area (Å²) < 4.78 is 0. The van der Waals surface area contributed by atoms with Gasteiger partial charge in [0.25, 0.3) is 0 Å². The predicted molar refractivity (Wildman–Crippen MR) is 71.4 cm³/mol. The highest BCUT2D eigenvalue weighted by Gasteiger charge is 2.44. The van der Waals surface area contributed by atoms with Crippen LogP contribution in [-0.2, 0) is 9.59 Å². The lowest BCUT2D eigenvalue weighted by Gasteiger charge is -2.40. The van der Waals surface area contributed by atoms with Crippen molar-refractivity contribution in [3.05, 3.63) is 0 Å². The van der Waals surface area contributed by atoms with Crippen LogP contribution in [0.15, 0.2) is 0 Å². The fraction of sp³-hybridized carbons (Fsp3) is 0.857. The van der Waals surface area contributed by atoms with Crippen LogP contribution < -0.4 is 5.73 Å². The maximum atomic E-state index is 12.4. The number of piperidine rings is 1. The van der Waals surface area contributed by atoms with E-state index in [0.29, 0.717) is 0 Å². The fourth-order valence-electron chi connectivity index (χ4n) is 3.52. The van der Waals surface area contributed by atoms with E-state index in [9.17, 15) is 9.59 Å². The largest absolute Gasteiger partial charge is 0.481 e. The zero-order valence-electron chi connectivity index (χ0n) is 11.7. The number of carboxylic acids is 1. The second kappa shape index (κ2) is 5.49. The van der Waals surface area contributed by atoms with Gasteiger partial charge in [-0.15, -0.1) is 0 Å². The molecule has 2 aliphatic rings. The van der Waals surface area contributed by atoms with E-state index < -0.39 is 12.0 Å². The van der Waals surface area contributed by atoms with E-state index in [4.69, 9.17) is 10.8 Å². The summed E-state index contributed by atoms with van der Waals surface area (Å²) in [6.45, 7) is 3.92. The van der Waals surface area contributed by atoms with Crippen LogP contribution in [0.3, 0.4) is 0 Å². The second-order valence-electron chi connectivity index (χ2n) is 6.34. The summed E-state index contributed by atoms with van der Waals surface area (Å²) in [7, 11) is 0. The zero-order chi connectivity index (χ0) is 14.2. The monoisotopic (exact) mass is 268 g/mol. The molecule has 5 heteroatoms. The summed E-state index contributed by atoms with van der Waals surface area (Å²) in [5.41, 5.74) is 5.97. The summed E-state index contributed by atoms with van der Waals surface area (Å²) in [5.74, 6) is -0.322. The molecule has 2 saturated heterocycles. The highest BCUT2D eigenvalue weighted by Crippen LogP contribution is 2.40. The molecule has 2 rings (SSSR count). The van der Waals surface area contributed by atoms with Crippen molar-refractivity contribution in [3.8, 4) is 0 Å². The van der Waals surface area contributed by atoms with Crippen molar-refractivity contribution in [2.45, 2.75) is 64.1 Å². The fourth-order valence-corrected chi connectivity index (χ4v) is 3.52. The topological polar surface area (TPSA) is 83.6 Å². The van der Waals surface area contributed by atoms with Crippen LogP contribution in [-0.4, -0.2) is 40.0 Å². The van der Waals surface area contributed by atoms with Gasteiger partial charge in [-0.1, -0.05) is 13.8 Å². The van der Waals surface area contributed by atoms with E-state index >= 15 is 0 Å². The Labute approximate surface area is 114 Å². The van der Waals surface area contributed by atoms with Crippen LogP contribution in [0.1, 0.15) is 46.0 Å². The molecule has 0 aliphatic carbocycles. The van der Waals surface area contributed by atoms with Crippen LogP contribution in [0, 0.1) is 11.8 Å². The first-order valence-electron chi connectivity index (χ1n) is 7.19. The number of carbonyl (C=O) groups is 2. The van der Waals surface area contributed by atoms with E-state index in [2.05, 4.69) is 0 Å². The van der Waals surface area contributed by atoms with Gasteiger partial charge in [0.2, 0.25) is 5.91 Å². The molecular weight excluding hydrogens is 244 g/mol. The highest BCUT2D eigenvalue weighted by atomic mass is 16.4. The van der Waals surface area contributed by atoms with Crippen LogP contribution in [0.2, 0.25) is 0 Å². The Kier molecular flexibility index (Phi) is 4.13. The Bertz CT molecular complexity index is 356. The van der Waals surface area contributed by atoms with Gasteiger partial charge in [-0.05, 0) is 37.5 Å². The number of rotatable bonds is 4. The number of carboxylic acid groups (broad SMARTS) is 1. The summed E-state index contributed by atoms with van der Waals surface area (Å²) in [6, 6.07) is -0.0140. The zero-order valence-corrected chi connectivity index (χ0v) is 11.7. The molecule has 2 fully saturated rings. The first-order chi connectivity index (χ1) is 8.90.